The van der Waals surface area contributed by atoms with Crippen LogP contribution in [0, 0.1) is 5.92 Å². The summed E-state index contributed by atoms with van der Waals surface area (Å²) in [5.41, 5.74) is -0.134. The second kappa shape index (κ2) is 4.27. The number of hydrogen-bond donors (Lipinski definition) is 0. The summed E-state index contributed by atoms with van der Waals surface area (Å²) in [5, 5.41) is 4.20. The van der Waals surface area contributed by atoms with Crippen molar-refractivity contribution < 1.29 is 13.6 Å². The lowest BCUT2D eigenvalue weighted by atomic mass is 10.1. The number of fused-ring (bicyclic) bond motifs is 1. The fourth-order valence-electron chi connectivity index (χ4n) is 2.52. The number of carbonyl (C=O) groups excluding carboxylic acids is 1. The molecule has 0 saturated heterocycles. The van der Waals surface area contributed by atoms with Gasteiger partial charge in [0, 0.05) is 25.6 Å². The molecule has 1 aromatic rings. The lowest BCUT2D eigenvalue weighted by Crippen LogP contribution is -2.32. The van der Waals surface area contributed by atoms with E-state index in [0.29, 0.717) is 5.56 Å². The third kappa shape index (κ3) is 2.01. The Balaban J connectivity index is 2.70. The van der Waals surface area contributed by atoms with Gasteiger partial charge in [-0.25, -0.2) is 0 Å². The van der Waals surface area contributed by atoms with Gasteiger partial charge in [0.1, 0.15) is 5.69 Å². The maximum absolute atomic E-state index is 14.4. The quantitative estimate of drug-likeness (QED) is 0.795. The molecule has 0 saturated carbocycles. The van der Waals surface area contributed by atoms with Crippen LogP contribution >= 0.6 is 0 Å². The van der Waals surface area contributed by atoms with Crippen LogP contribution in [0.3, 0.4) is 0 Å². The van der Waals surface area contributed by atoms with E-state index >= 15 is 0 Å². The van der Waals surface area contributed by atoms with E-state index in [2.05, 4.69) is 5.10 Å². The van der Waals surface area contributed by atoms with E-state index in [-0.39, 0.29) is 23.7 Å². The highest BCUT2D eigenvalue weighted by Gasteiger charge is 2.52. The van der Waals surface area contributed by atoms with Gasteiger partial charge in [0.25, 0.3) is 11.8 Å². The molecule has 6 heteroatoms. The standard InChI is InChI=1S/C14H21F2N3O/c1-8-7-9-10(12(20)18(5)6)17-19(13(2,3)4)11(9)14(8,15)16/h8H,7H2,1-6H3/t8-/m1/s1. The van der Waals surface area contributed by atoms with Crippen LogP contribution in [0.1, 0.15) is 49.4 Å². The van der Waals surface area contributed by atoms with E-state index in [0.717, 1.165) is 0 Å². The largest absolute Gasteiger partial charge is 0.343 e. The highest BCUT2D eigenvalue weighted by atomic mass is 19.3. The average Bonchev–Trinajstić information content (AvgIpc) is 2.75. The lowest BCUT2D eigenvalue weighted by Gasteiger charge is -2.26. The zero-order valence-corrected chi connectivity index (χ0v) is 12.8. The van der Waals surface area contributed by atoms with Crippen LogP contribution < -0.4 is 0 Å². The van der Waals surface area contributed by atoms with E-state index in [9.17, 15) is 13.6 Å². The molecule has 0 unspecified atom stereocenters. The van der Waals surface area contributed by atoms with E-state index < -0.39 is 17.4 Å². The predicted octanol–water partition coefficient (Wildman–Crippen LogP) is 2.62. The third-order valence-electron chi connectivity index (χ3n) is 3.67. The third-order valence-corrected chi connectivity index (χ3v) is 3.67. The summed E-state index contributed by atoms with van der Waals surface area (Å²) in [6.45, 7) is 6.94. The number of amides is 1. The first-order valence-electron chi connectivity index (χ1n) is 6.70. The highest BCUT2D eigenvalue weighted by molar-refractivity contribution is 5.94. The molecule has 0 fully saturated rings. The Morgan fingerprint density at radius 3 is 2.40 bits per heavy atom. The van der Waals surface area contributed by atoms with Crippen molar-refractivity contribution in [2.24, 2.45) is 5.92 Å². The van der Waals surface area contributed by atoms with Gasteiger partial charge in [0.05, 0.1) is 5.54 Å². The SMILES string of the molecule is C[C@@H]1Cc2c(C(=O)N(C)C)nn(C(C)(C)C)c2C1(F)F. The van der Waals surface area contributed by atoms with Crippen LogP contribution in [0.2, 0.25) is 0 Å². The molecule has 0 radical (unpaired) electrons. The van der Waals surface area contributed by atoms with Gasteiger partial charge in [0.2, 0.25) is 0 Å². The Hall–Kier alpha value is -1.46. The monoisotopic (exact) mass is 285 g/mol. The summed E-state index contributed by atoms with van der Waals surface area (Å²) in [6, 6.07) is 0. The molecule has 4 nitrogen and oxygen atoms in total. The summed E-state index contributed by atoms with van der Waals surface area (Å²) >= 11 is 0. The van der Waals surface area contributed by atoms with Crippen molar-refractivity contribution in [3.8, 4) is 0 Å². The van der Waals surface area contributed by atoms with Crippen molar-refractivity contribution in [1.29, 1.82) is 0 Å². The number of alkyl halides is 2. The van der Waals surface area contributed by atoms with E-state index in [1.807, 2.05) is 20.8 Å². The maximum atomic E-state index is 14.4. The number of rotatable bonds is 1. The summed E-state index contributed by atoms with van der Waals surface area (Å²) < 4.78 is 30.1. The molecule has 1 heterocycles. The minimum atomic E-state index is -2.94. The molecule has 112 valence electrons. The molecule has 1 amide bonds. The molecule has 0 aliphatic heterocycles. The Kier molecular flexibility index (Phi) is 3.19. The van der Waals surface area contributed by atoms with E-state index in [4.69, 9.17) is 0 Å². The molecule has 1 aliphatic rings. The molecule has 0 aromatic carbocycles. The maximum Gasteiger partial charge on any atom is 0.292 e. The van der Waals surface area contributed by atoms with Crippen LogP contribution in [-0.4, -0.2) is 34.7 Å². The fraction of sp³-hybridized carbons (Fsp3) is 0.714. The summed E-state index contributed by atoms with van der Waals surface area (Å²) in [4.78, 5) is 13.5. The molecule has 1 aromatic heterocycles. The normalized spacial score (nSPS) is 20.9. The van der Waals surface area contributed by atoms with Gasteiger partial charge in [-0.3, -0.25) is 9.48 Å². The van der Waals surface area contributed by atoms with Gasteiger partial charge < -0.3 is 4.90 Å². The van der Waals surface area contributed by atoms with Crippen LogP contribution in [0.5, 0.6) is 0 Å². The molecule has 1 aliphatic carbocycles. The molecular formula is C14H21F2N3O. The smallest absolute Gasteiger partial charge is 0.292 e. The van der Waals surface area contributed by atoms with E-state index in [1.165, 1.54) is 16.5 Å². The molecule has 2 rings (SSSR count). The zero-order chi connectivity index (χ0) is 15.5. The Morgan fingerprint density at radius 2 is 1.95 bits per heavy atom. The van der Waals surface area contributed by atoms with E-state index in [1.54, 1.807) is 14.1 Å². The Labute approximate surface area is 117 Å². The number of halogens is 2. The first-order chi connectivity index (χ1) is 8.98. The van der Waals surface area contributed by atoms with Gasteiger partial charge in [-0.2, -0.15) is 13.9 Å². The molecule has 0 spiro atoms. The van der Waals surface area contributed by atoms with Crippen LogP contribution in [0.15, 0.2) is 0 Å². The number of aromatic nitrogens is 2. The first kappa shape index (κ1) is 14.9. The lowest BCUT2D eigenvalue weighted by molar-refractivity contribution is -0.0556. The van der Waals surface area contributed by atoms with Gasteiger partial charge >= 0.3 is 0 Å². The van der Waals surface area contributed by atoms with Crippen molar-refractivity contribution >= 4 is 5.91 Å². The average molecular weight is 285 g/mol. The van der Waals surface area contributed by atoms with Crippen molar-refractivity contribution in [3.63, 3.8) is 0 Å². The fourth-order valence-corrected chi connectivity index (χ4v) is 2.52. The Morgan fingerprint density at radius 1 is 1.40 bits per heavy atom. The summed E-state index contributed by atoms with van der Waals surface area (Å²) in [5.74, 6) is -4.08. The van der Waals surface area contributed by atoms with Crippen molar-refractivity contribution in [3.05, 3.63) is 17.0 Å². The second-order valence-electron chi connectivity index (χ2n) is 6.69. The van der Waals surface area contributed by atoms with Gasteiger partial charge in [-0.05, 0) is 27.2 Å². The molecule has 20 heavy (non-hydrogen) atoms. The van der Waals surface area contributed by atoms with Crippen molar-refractivity contribution in [2.45, 2.75) is 45.6 Å². The molecule has 0 bridgehead atoms. The highest BCUT2D eigenvalue weighted by Crippen LogP contribution is 2.48. The van der Waals surface area contributed by atoms with Gasteiger partial charge in [-0.15, -0.1) is 0 Å². The second-order valence-corrected chi connectivity index (χ2v) is 6.69. The molecule has 0 N–H and O–H groups in total. The minimum Gasteiger partial charge on any atom is -0.343 e. The van der Waals surface area contributed by atoms with Crippen molar-refractivity contribution in [1.82, 2.24) is 14.7 Å². The van der Waals surface area contributed by atoms with Crippen LogP contribution in [0.25, 0.3) is 0 Å². The Bertz CT molecular complexity index is 556. The number of carbonyl (C=O) groups is 1. The number of hydrogen-bond acceptors (Lipinski definition) is 2. The predicted molar refractivity (Wildman–Crippen MR) is 72.0 cm³/mol. The number of nitrogens with zero attached hydrogens (tertiary/aromatic N) is 3. The van der Waals surface area contributed by atoms with Crippen LogP contribution in [0.4, 0.5) is 8.78 Å². The zero-order valence-electron chi connectivity index (χ0n) is 12.8. The summed E-state index contributed by atoms with van der Waals surface area (Å²) in [7, 11) is 3.20. The van der Waals surface area contributed by atoms with Gasteiger partial charge in [-0.1, -0.05) is 6.92 Å². The topological polar surface area (TPSA) is 38.1 Å². The first-order valence-corrected chi connectivity index (χ1v) is 6.70. The molecular weight excluding hydrogens is 264 g/mol. The van der Waals surface area contributed by atoms with Crippen LogP contribution in [-0.2, 0) is 17.9 Å². The minimum absolute atomic E-state index is 0.0947. The van der Waals surface area contributed by atoms with Crippen molar-refractivity contribution in [2.75, 3.05) is 14.1 Å². The summed E-state index contributed by atoms with van der Waals surface area (Å²) in [6.07, 6.45) is 0.188. The van der Waals surface area contributed by atoms with Gasteiger partial charge in [0.15, 0.2) is 5.69 Å². The molecule has 1 atom stereocenters.